The molecule has 0 radical (unpaired) electrons. The highest BCUT2D eigenvalue weighted by Gasteiger charge is 2.64. The van der Waals surface area contributed by atoms with E-state index in [-0.39, 0.29) is 34.3 Å². The molecule has 0 atom stereocenters. The van der Waals surface area contributed by atoms with Gasteiger partial charge in [-0.05, 0) is 50.1 Å². The maximum Gasteiger partial charge on any atom is 0.248 e. The van der Waals surface area contributed by atoms with Crippen molar-refractivity contribution in [2.45, 2.75) is 66.5 Å². The Bertz CT molecular complexity index is 1250. The van der Waals surface area contributed by atoms with Gasteiger partial charge in [-0.25, -0.2) is 0 Å². The Hall–Kier alpha value is -2.53. The van der Waals surface area contributed by atoms with Crippen LogP contribution < -0.4 is 15.4 Å². The second-order valence-corrected chi connectivity index (χ2v) is 14.4. The maximum atomic E-state index is 13.8. The molecule has 7 nitrogen and oxygen atoms in total. The number of amides is 1. The second kappa shape index (κ2) is 11.3. The number of nitrogens with one attached hydrogen (secondary N) is 2. The van der Waals surface area contributed by atoms with E-state index in [9.17, 15) is 10.1 Å². The summed E-state index contributed by atoms with van der Waals surface area (Å²) in [6.07, 6.45) is 6.62. The van der Waals surface area contributed by atoms with Crippen molar-refractivity contribution in [2.75, 3.05) is 45.8 Å². The molecule has 4 aliphatic rings. The van der Waals surface area contributed by atoms with Crippen LogP contribution in [0.3, 0.4) is 0 Å². The minimum Gasteiger partial charge on any atom is -0.489 e. The van der Waals surface area contributed by atoms with Crippen molar-refractivity contribution in [1.82, 2.24) is 20.4 Å². The predicted octanol–water partition coefficient (Wildman–Crippen LogP) is 4.98. The quantitative estimate of drug-likeness (QED) is 0.474. The van der Waals surface area contributed by atoms with Crippen LogP contribution in [-0.2, 0) is 4.79 Å². The summed E-state index contributed by atoms with van der Waals surface area (Å²) in [5.41, 5.74) is 1.53. The molecule has 2 N–H and O–H groups in total. The summed E-state index contributed by atoms with van der Waals surface area (Å²) < 4.78 is 6.41. The van der Waals surface area contributed by atoms with Gasteiger partial charge in [0.15, 0.2) is 0 Å². The number of nitrogens with zero attached hydrogens (tertiary/aromatic N) is 3. The molecule has 1 aromatic carbocycles. The molecule has 1 saturated carbocycles. The standard InChI is InChI=1S/C33H46ClN5O2/c1-31(2)25(9-10-27(31)39-17-15-38(16-18-39)21-22-11-13-36-14-12-22)28(40)37-29-32(3,4)30(33(29,5)6)41-24-8-7-23(20-35)26(34)19-24/h7-10,19,22,29-30,36H,11-18,21H2,1-6H3,(H,37,40). The minimum atomic E-state index is -0.353. The zero-order chi connectivity index (χ0) is 29.6. The summed E-state index contributed by atoms with van der Waals surface area (Å²) in [6, 6.07) is 7.19. The van der Waals surface area contributed by atoms with E-state index in [0.29, 0.717) is 16.3 Å². The molecule has 8 heteroatoms. The zero-order valence-electron chi connectivity index (χ0n) is 25.5. The summed E-state index contributed by atoms with van der Waals surface area (Å²) in [6.45, 7) is 20.6. The summed E-state index contributed by atoms with van der Waals surface area (Å²) in [5, 5.41) is 16.4. The first-order valence-corrected chi connectivity index (χ1v) is 15.5. The topological polar surface area (TPSA) is 80.6 Å². The van der Waals surface area contributed by atoms with Crippen molar-refractivity contribution in [3.8, 4) is 11.8 Å². The third-order valence-corrected chi connectivity index (χ3v) is 10.4. The average molecular weight is 580 g/mol. The van der Waals surface area contributed by atoms with E-state index in [4.69, 9.17) is 16.3 Å². The first-order chi connectivity index (χ1) is 19.4. The second-order valence-electron chi connectivity index (χ2n) is 14.0. The van der Waals surface area contributed by atoms with Gasteiger partial charge in [-0.15, -0.1) is 0 Å². The molecule has 2 saturated heterocycles. The smallest absolute Gasteiger partial charge is 0.248 e. The van der Waals surface area contributed by atoms with E-state index in [1.165, 1.54) is 25.1 Å². The number of hydrogen-bond acceptors (Lipinski definition) is 6. The average Bonchev–Trinajstić information content (AvgIpc) is 3.25. The summed E-state index contributed by atoms with van der Waals surface area (Å²) in [4.78, 5) is 18.9. The highest BCUT2D eigenvalue weighted by Crippen LogP contribution is 2.56. The number of carbonyl (C=O) groups excluding carboxylic acids is 1. The number of ether oxygens (including phenoxy) is 1. The summed E-state index contributed by atoms with van der Waals surface area (Å²) in [7, 11) is 0. The Balaban J connectivity index is 1.18. The van der Waals surface area contributed by atoms with Gasteiger partial charge in [-0.2, -0.15) is 5.26 Å². The number of piperazine rings is 1. The van der Waals surface area contributed by atoms with Crippen molar-refractivity contribution in [3.05, 3.63) is 52.2 Å². The van der Waals surface area contributed by atoms with Crippen LogP contribution in [0, 0.1) is 33.5 Å². The van der Waals surface area contributed by atoms with Gasteiger partial charge in [0.2, 0.25) is 5.91 Å². The molecule has 2 aliphatic carbocycles. The summed E-state index contributed by atoms with van der Waals surface area (Å²) >= 11 is 6.25. The molecule has 2 heterocycles. The molecule has 2 aliphatic heterocycles. The first-order valence-electron chi connectivity index (χ1n) is 15.1. The van der Waals surface area contributed by atoms with Gasteiger partial charge < -0.3 is 20.3 Å². The molecule has 0 bridgehead atoms. The van der Waals surface area contributed by atoms with E-state index in [2.05, 4.69) is 74.1 Å². The van der Waals surface area contributed by atoms with E-state index in [0.717, 1.165) is 50.8 Å². The van der Waals surface area contributed by atoms with Gasteiger partial charge in [0.05, 0.1) is 10.6 Å². The van der Waals surface area contributed by atoms with Gasteiger partial charge in [-0.1, -0.05) is 59.2 Å². The fraction of sp³-hybridized carbons (Fsp3) is 0.636. The normalized spacial score (nSPS) is 27.3. The van der Waals surface area contributed by atoms with Gasteiger partial charge >= 0.3 is 0 Å². The van der Waals surface area contributed by atoms with Crippen LogP contribution in [0.15, 0.2) is 41.6 Å². The predicted molar refractivity (Wildman–Crippen MR) is 164 cm³/mol. The monoisotopic (exact) mass is 579 g/mol. The van der Waals surface area contributed by atoms with Crippen LogP contribution in [0.25, 0.3) is 0 Å². The van der Waals surface area contributed by atoms with Crippen molar-refractivity contribution < 1.29 is 9.53 Å². The Labute approximate surface area is 250 Å². The third kappa shape index (κ3) is 5.63. The number of benzene rings is 1. The first kappa shape index (κ1) is 29.9. The summed E-state index contributed by atoms with van der Waals surface area (Å²) in [5.74, 6) is 1.44. The van der Waals surface area contributed by atoms with Crippen LogP contribution >= 0.6 is 11.6 Å². The van der Waals surface area contributed by atoms with E-state index in [1.54, 1.807) is 18.2 Å². The lowest BCUT2D eigenvalue weighted by atomic mass is 9.49. The van der Waals surface area contributed by atoms with Gasteiger partial charge in [0, 0.05) is 72.3 Å². The highest BCUT2D eigenvalue weighted by molar-refractivity contribution is 6.31. The van der Waals surface area contributed by atoms with E-state index in [1.807, 2.05) is 6.08 Å². The fourth-order valence-corrected chi connectivity index (χ4v) is 8.20. The van der Waals surface area contributed by atoms with Crippen LogP contribution in [0.4, 0.5) is 0 Å². The molecule has 222 valence electrons. The lowest BCUT2D eigenvalue weighted by molar-refractivity contribution is -0.172. The lowest BCUT2D eigenvalue weighted by Gasteiger charge is -2.63. The van der Waals surface area contributed by atoms with E-state index < -0.39 is 0 Å². The maximum absolute atomic E-state index is 13.8. The Morgan fingerprint density at radius 1 is 1.07 bits per heavy atom. The molecule has 0 aromatic heterocycles. The SMILES string of the molecule is CC1(C)C(C(=O)NC2C(C)(C)C(Oc3ccc(C#N)c(Cl)c3)C2(C)C)=CC=C1N1CCN(CC2CCNCC2)CC1. The molecule has 5 rings (SSSR count). The lowest BCUT2D eigenvalue weighted by Crippen LogP contribution is -2.75. The van der Waals surface area contributed by atoms with Crippen LogP contribution in [0.5, 0.6) is 5.75 Å². The molecular weight excluding hydrogens is 534 g/mol. The van der Waals surface area contributed by atoms with E-state index >= 15 is 0 Å². The molecule has 1 aromatic rings. The number of halogens is 1. The van der Waals surface area contributed by atoms with Crippen LogP contribution in [0.1, 0.15) is 59.9 Å². The van der Waals surface area contributed by atoms with Gasteiger partial charge in [0.1, 0.15) is 17.9 Å². The van der Waals surface area contributed by atoms with Crippen molar-refractivity contribution >= 4 is 17.5 Å². The van der Waals surface area contributed by atoms with Gasteiger partial charge in [0.25, 0.3) is 0 Å². The minimum absolute atomic E-state index is 0.00295. The number of nitriles is 1. The molecule has 41 heavy (non-hydrogen) atoms. The van der Waals surface area contributed by atoms with Crippen molar-refractivity contribution in [1.29, 1.82) is 5.26 Å². The third-order valence-electron chi connectivity index (χ3n) is 10.1. The largest absolute Gasteiger partial charge is 0.489 e. The Kier molecular flexibility index (Phi) is 8.24. The highest BCUT2D eigenvalue weighted by atomic mass is 35.5. The number of carbonyl (C=O) groups is 1. The Morgan fingerprint density at radius 3 is 2.34 bits per heavy atom. The number of allylic oxidation sites excluding steroid dienone is 3. The number of piperidine rings is 1. The molecule has 0 unspecified atom stereocenters. The molecule has 3 fully saturated rings. The van der Waals surface area contributed by atoms with Crippen LogP contribution in [0.2, 0.25) is 5.02 Å². The fourth-order valence-electron chi connectivity index (χ4n) is 7.98. The molecule has 1 amide bonds. The zero-order valence-corrected chi connectivity index (χ0v) is 26.3. The number of hydrogen-bond donors (Lipinski definition) is 2. The Morgan fingerprint density at radius 2 is 1.73 bits per heavy atom. The van der Waals surface area contributed by atoms with Crippen LogP contribution in [-0.4, -0.2) is 73.7 Å². The van der Waals surface area contributed by atoms with Crippen molar-refractivity contribution in [3.63, 3.8) is 0 Å². The number of rotatable bonds is 7. The van der Waals surface area contributed by atoms with Crippen molar-refractivity contribution in [2.24, 2.45) is 22.2 Å². The molecular formula is C33H46ClN5O2. The molecule has 0 spiro atoms. The van der Waals surface area contributed by atoms with Gasteiger partial charge in [-0.3, -0.25) is 9.69 Å².